The third kappa shape index (κ3) is 3.30. The van der Waals surface area contributed by atoms with Crippen molar-refractivity contribution < 1.29 is 19.5 Å². The molecule has 0 radical (unpaired) electrons. The first kappa shape index (κ1) is 17.9. The number of aliphatic hydroxyl groups is 1. The summed E-state index contributed by atoms with van der Waals surface area (Å²) >= 11 is 0. The Morgan fingerprint density at radius 3 is 2.67 bits per heavy atom. The van der Waals surface area contributed by atoms with Crippen molar-refractivity contribution in [2.75, 3.05) is 25.0 Å². The van der Waals surface area contributed by atoms with Crippen molar-refractivity contribution in [1.82, 2.24) is 15.5 Å². The fourth-order valence-corrected chi connectivity index (χ4v) is 4.17. The maximum absolute atomic E-state index is 12.9. The van der Waals surface area contributed by atoms with Gasteiger partial charge >= 0.3 is 0 Å². The molecular weight excluding hydrogens is 348 g/mol. The molecule has 0 bridgehead atoms. The van der Waals surface area contributed by atoms with Crippen molar-refractivity contribution in [3.05, 3.63) is 29.3 Å². The number of rotatable bonds is 4. The Kier molecular flexibility index (Phi) is 4.84. The van der Waals surface area contributed by atoms with Crippen LogP contribution in [0.3, 0.4) is 0 Å². The van der Waals surface area contributed by atoms with E-state index in [0.29, 0.717) is 17.0 Å². The first-order valence-electron chi connectivity index (χ1n) is 9.48. The lowest BCUT2D eigenvalue weighted by atomic mass is 9.97. The third-order valence-electron chi connectivity index (χ3n) is 5.68. The molecule has 3 amide bonds. The second kappa shape index (κ2) is 7.28. The van der Waals surface area contributed by atoms with Crippen molar-refractivity contribution >= 4 is 23.4 Å². The zero-order valence-electron chi connectivity index (χ0n) is 15.0. The number of benzene rings is 1. The van der Waals surface area contributed by atoms with Crippen LogP contribution in [0.25, 0.3) is 0 Å². The van der Waals surface area contributed by atoms with Gasteiger partial charge in [0.25, 0.3) is 5.91 Å². The molecule has 4 rings (SSSR count). The fraction of sp³-hybridized carbons (Fsp3) is 0.526. The van der Waals surface area contributed by atoms with Gasteiger partial charge in [-0.1, -0.05) is 6.07 Å². The molecular formula is C19H24N4O4. The summed E-state index contributed by atoms with van der Waals surface area (Å²) in [5, 5.41) is 19.8. The predicted octanol–water partition coefficient (Wildman–Crippen LogP) is 0.350. The molecule has 2 fully saturated rings. The van der Waals surface area contributed by atoms with Gasteiger partial charge in [-0.15, -0.1) is 0 Å². The number of amides is 3. The number of piperidine rings is 2. The van der Waals surface area contributed by atoms with Crippen molar-refractivity contribution in [1.29, 1.82) is 0 Å². The normalized spacial score (nSPS) is 26.1. The topological polar surface area (TPSA) is 111 Å². The Morgan fingerprint density at radius 1 is 1.15 bits per heavy atom. The molecule has 2 saturated heterocycles. The standard InChI is InChI=1S/C19H24N4O4/c24-15-5-4-14(17(25)22-15)23-18(26)12-2-1-3-13(16(12)19(23)27)21-10-11-6-8-20-9-7-11/h1-3,11,14,19-21,27H,4-10H2,(H,22,24,25). The zero-order chi connectivity index (χ0) is 19.0. The number of hydrogen-bond acceptors (Lipinski definition) is 6. The van der Waals surface area contributed by atoms with Gasteiger partial charge in [0.1, 0.15) is 6.04 Å². The zero-order valence-corrected chi connectivity index (χ0v) is 15.0. The van der Waals surface area contributed by atoms with Gasteiger partial charge in [-0.25, -0.2) is 0 Å². The summed E-state index contributed by atoms with van der Waals surface area (Å²) in [5.74, 6) is -0.713. The number of hydrogen-bond donors (Lipinski definition) is 4. The lowest BCUT2D eigenvalue weighted by molar-refractivity contribution is -0.139. The molecule has 0 spiro atoms. The first-order valence-corrected chi connectivity index (χ1v) is 9.48. The SMILES string of the molecule is O=C1CCC(N2C(=O)c3cccc(NCC4CCNCC4)c3C2O)C(=O)N1. The summed E-state index contributed by atoms with van der Waals surface area (Å²) in [6, 6.07) is 4.46. The van der Waals surface area contributed by atoms with E-state index in [2.05, 4.69) is 16.0 Å². The van der Waals surface area contributed by atoms with Crippen LogP contribution < -0.4 is 16.0 Å². The van der Waals surface area contributed by atoms with Crippen LogP contribution >= 0.6 is 0 Å². The van der Waals surface area contributed by atoms with E-state index >= 15 is 0 Å². The average Bonchev–Trinajstić information content (AvgIpc) is 2.93. The maximum atomic E-state index is 12.9. The Labute approximate surface area is 157 Å². The number of fused-ring (bicyclic) bond motifs is 1. The lowest BCUT2D eigenvalue weighted by Gasteiger charge is -2.32. The minimum Gasteiger partial charge on any atom is -0.384 e. The van der Waals surface area contributed by atoms with E-state index in [1.54, 1.807) is 12.1 Å². The van der Waals surface area contributed by atoms with Gasteiger partial charge in [0.05, 0.1) is 0 Å². The largest absolute Gasteiger partial charge is 0.384 e. The van der Waals surface area contributed by atoms with Crippen LogP contribution in [-0.2, 0) is 9.59 Å². The molecule has 3 heterocycles. The molecule has 8 heteroatoms. The van der Waals surface area contributed by atoms with Gasteiger partial charge in [0, 0.05) is 29.8 Å². The molecule has 8 nitrogen and oxygen atoms in total. The summed E-state index contributed by atoms with van der Waals surface area (Å²) in [7, 11) is 0. The second-order valence-corrected chi connectivity index (χ2v) is 7.39. The van der Waals surface area contributed by atoms with Crippen LogP contribution in [0, 0.1) is 5.92 Å². The molecule has 0 saturated carbocycles. The highest BCUT2D eigenvalue weighted by Gasteiger charge is 2.45. The molecule has 144 valence electrons. The van der Waals surface area contributed by atoms with Gasteiger partial charge < -0.3 is 15.7 Å². The summed E-state index contributed by atoms with van der Waals surface area (Å²) in [6.45, 7) is 2.78. The van der Waals surface area contributed by atoms with Gasteiger partial charge in [-0.3, -0.25) is 24.6 Å². The van der Waals surface area contributed by atoms with Crippen molar-refractivity contribution in [2.45, 2.75) is 38.0 Å². The van der Waals surface area contributed by atoms with Crippen LogP contribution in [0.5, 0.6) is 0 Å². The number of carbonyl (C=O) groups excluding carboxylic acids is 3. The predicted molar refractivity (Wildman–Crippen MR) is 97.8 cm³/mol. The Balaban J connectivity index is 1.54. The first-order chi connectivity index (χ1) is 13.1. The van der Waals surface area contributed by atoms with Gasteiger partial charge in [0.2, 0.25) is 11.8 Å². The van der Waals surface area contributed by atoms with Crippen LogP contribution in [0.1, 0.15) is 47.8 Å². The Morgan fingerprint density at radius 2 is 1.93 bits per heavy atom. The van der Waals surface area contributed by atoms with E-state index in [4.69, 9.17) is 0 Å². The monoisotopic (exact) mass is 372 g/mol. The number of anilines is 1. The fourth-order valence-electron chi connectivity index (χ4n) is 4.17. The van der Waals surface area contributed by atoms with Crippen LogP contribution in [0.4, 0.5) is 5.69 Å². The van der Waals surface area contributed by atoms with Gasteiger partial charge in [-0.05, 0) is 50.4 Å². The van der Waals surface area contributed by atoms with E-state index < -0.39 is 18.2 Å². The molecule has 2 unspecified atom stereocenters. The highest BCUT2D eigenvalue weighted by atomic mass is 16.3. The average molecular weight is 372 g/mol. The summed E-state index contributed by atoms with van der Waals surface area (Å²) in [6.07, 6.45) is 1.36. The van der Waals surface area contributed by atoms with Gasteiger partial charge in [0.15, 0.2) is 6.23 Å². The quantitative estimate of drug-likeness (QED) is 0.568. The highest BCUT2D eigenvalue weighted by Crippen LogP contribution is 2.39. The number of imide groups is 1. The molecule has 3 aliphatic rings. The third-order valence-corrected chi connectivity index (χ3v) is 5.68. The summed E-state index contributed by atoms with van der Waals surface area (Å²) in [5.41, 5.74) is 1.64. The number of aliphatic hydroxyl groups excluding tert-OH is 1. The molecule has 2 atom stereocenters. The minimum absolute atomic E-state index is 0.157. The summed E-state index contributed by atoms with van der Waals surface area (Å²) < 4.78 is 0. The van der Waals surface area contributed by atoms with Crippen molar-refractivity contribution in [2.24, 2.45) is 5.92 Å². The van der Waals surface area contributed by atoms with E-state index in [1.807, 2.05) is 6.07 Å². The second-order valence-electron chi connectivity index (χ2n) is 7.39. The van der Waals surface area contributed by atoms with E-state index in [0.717, 1.165) is 38.2 Å². The van der Waals surface area contributed by atoms with E-state index in [-0.39, 0.29) is 24.7 Å². The number of nitrogens with one attached hydrogen (secondary N) is 3. The summed E-state index contributed by atoms with van der Waals surface area (Å²) in [4.78, 5) is 37.6. The molecule has 4 N–H and O–H groups in total. The molecule has 3 aliphatic heterocycles. The van der Waals surface area contributed by atoms with Gasteiger partial charge in [-0.2, -0.15) is 0 Å². The molecule has 1 aromatic rings. The van der Waals surface area contributed by atoms with E-state index in [9.17, 15) is 19.5 Å². The van der Waals surface area contributed by atoms with Crippen molar-refractivity contribution in [3.63, 3.8) is 0 Å². The molecule has 1 aromatic carbocycles. The highest BCUT2D eigenvalue weighted by molar-refractivity contribution is 6.06. The van der Waals surface area contributed by atoms with E-state index in [1.165, 1.54) is 4.90 Å². The lowest BCUT2D eigenvalue weighted by Crippen LogP contribution is -2.53. The smallest absolute Gasteiger partial charge is 0.257 e. The van der Waals surface area contributed by atoms with Crippen LogP contribution in [-0.4, -0.2) is 53.4 Å². The minimum atomic E-state index is -1.20. The van der Waals surface area contributed by atoms with Crippen LogP contribution in [0.15, 0.2) is 18.2 Å². The van der Waals surface area contributed by atoms with Crippen molar-refractivity contribution in [3.8, 4) is 0 Å². The molecule has 27 heavy (non-hydrogen) atoms. The number of carbonyl (C=O) groups is 3. The Hall–Kier alpha value is -2.45. The maximum Gasteiger partial charge on any atom is 0.257 e. The number of nitrogens with zero attached hydrogens (tertiary/aromatic N) is 1. The molecule has 0 aliphatic carbocycles. The van der Waals surface area contributed by atoms with Crippen LogP contribution in [0.2, 0.25) is 0 Å². The molecule has 0 aromatic heterocycles. The Bertz CT molecular complexity index is 775.